The molecular formula is C10H15NO3. The van der Waals surface area contributed by atoms with Crippen LogP contribution in [0.15, 0.2) is 22.8 Å². The zero-order valence-electron chi connectivity index (χ0n) is 8.36. The van der Waals surface area contributed by atoms with E-state index in [1.165, 1.54) is 0 Å². The van der Waals surface area contributed by atoms with Crippen LogP contribution in [-0.4, -0.2) is 17.1 Å². The van der Waals surface area contributed by atoms with Gasteiger partial charge in [0, 0.05) is 0 Å². The summed E-state index contributed by atoms with van der Waals surface area (Å²) in [5, 5.41) is 11.8. The summed E-state index contributed by atoms with van der Waals surface area (Å²) in [7, 11) is 0. The maximum atomic E-state index is 10.8. The Bertz CT molecular complexity index is 280. The SMILES string of the molecule is CC(C)[C@H](NCc1ccco1)C(=O)O. The van der Waals surface area contributed by atoms with Crippen LogP contribution >= 0.6 is 0 Å². The van der Waals surface area contributed by atoms with E-state index in [-0.39, 0.29) is 5.92 Å². The van der Waals surface area contributed by atoms with E-state index in [1.807, 2.05) is 19.9 Å². The van der Waals surface area contributed by atoms with Crippen molar-refractivity contribution in [1.29, 1.82) is 0 Å². The molecule has 0 spiro atoms. The molecule has 0 fully saturated rings. The maximum Gasteiger partial charge on any atom is 0.320 e. The molecule has 1 aromatic heterocycles. The van der Waals surface area contributed by atoms with Gasteiger partial charge in [0.2, 0.25) is 0 Å². The first kappa shape index (κ1) is 10.8. The first-order valence-corrected chi connectivity index (χ1v) is 4.60. The van der Waals surface area contributed by atoms with Gasteiger partial charge in [0.15, 0.2) is 0 Å². The minimum atomic E-state index is -0.827. The molecule has 1 aromatic rings. The molecule has 0 saturated heterocycles. The number of rotatable bonds is 5. The van der Waals surface area contributed by atoms with E-state index in [4.69, 9.17) is 9.52 Å². The van der Waals surface area contributed by atoms with Crippen LogP contribution in [0.1, 0.15) is 19.6 Å². The Hall–Kier alpha value is -1.29. The molecule has 4 heteroatoms. The molecule has 4 nitrogen and oxygen atoms in total. The smallest absolute Gasteiger partial charge is 0.320 e. The second-order valence-electron chi connectivity index (χ2n) is 3.52. The second-order valence-corrected chi connectivity index (χ2v) is 3.52. The fourth-order valence-corrected chi connectivity index (χ4v) is 1.23. The predicted octanol–water partition coefficient (Wildman–Crippen LogP) is 1.48. The Morgan fingerprint density at radius 1 is 1.64 bits per heavy atom. The third-order valence-corrected chi connectivity index (χ3v) is 2.01. The van der Waals surface area contributed by atoms with E-state index in [9.17, 15) is 4.79 Å². The van der Waals surface area contributed by atoms with Crippen molar-refractivity contribution >= 4 is 5.97 Å². The third kappa shape index (κ3) is 2.88. The average molecular weight is 197 g/mol. The summed E-state index contributed by atoms with van der Waals surface area (Å²) in [6.07, 6.45) is 1.57. The lowest BCUT2D eigenvalue weighted by Crippen LogP contribution is -2.40. The van der Waals surface area contributed by atoms with Gasteiger partial charge in [-0.2, -0.15) is 0 Å². The molecular weight excluding hydrogens is 182 g/mol. The molecule has 0 unspecified atom stereocenters. The summed E-state index contributed by atoms with van der Waals surface area (Å²) < 4.78 is 5.09. The number of furan rings is 1. The molecule has 1 atom stereocenters. The molecule has 0 aliphatic carbocycles. The van der Waals surface area contributed by atoms with Gasteiger partial charge >= 0.3 is 5.97 Å². The molecule has 1 rings (SSSR count). The normalized spacial score (nSPS) is 13.1. The summed E-state index contributed by atoms with van der Waals surface area (Å²) >= 11 is 0. The number of hydrogen-bond acceptors (Lipinski definition) is 3. The van der Waals surface area contributed by atoms with Crippen LogP contribution < -0.4 is 5.32 Å². The molecule has 0 amide bonds. The summed E-state index contributed by atoms with van der Waals surface area (Å²) in [4.78, 5) is 10.8. The minimum absolute atomic E-state index is 0.0578. The van der Waals surface area contributed by atoms with E-state index in [1.54, 1.807) is 12.3 Å². The molecule has 78 valence electrons. The maximum absolute atomic E-state index is 10.8. The van der Waals surface area contributed by atoms with Crippen LogP contribution in [0.5, 0.6) is 0 Å². The van der Waals surface area contributed by atoms with Crippen molar-refractivity contribution in [3.8, 4) is 0 Å². The van der Waals surface area contributed by atoms with Gasteiger partial charge in [0.1, 0.15) is 11.8 Å². The minimum Gasteiger partial charge on any atom is -0.480 e. The Morgan fingerprint density at radius 2 is 2.36 bits per heavy atom. The first-order chi connectivity index (χ1) is 6.61. The number of hydrogen-bond donors (Lipinski definition) is 2. The summed E-state index contributed by atoms with van der Waals surface area (Å²) in [6.45, 7) is 4.18. The van der Waals surface area contributed by atoms with Gasteiger partial charge in [-0.3, -0.25) is 10.1 Å². The molecule has 0 bridgehead atoms. The molecule has 1 heterocycles. The molecule has 0 aromatic carbocycles. The Morgan fingerprint density at radius 3 is 2.79 bits per heavy atom. The van der Waals surface area contributed by atoms with Crippen molar-refractivity contribution in [2.24, 2.45) is 5.92 Å². The Kier molecular flexibility index (Phi) is 3.71. The van der Waals surface area contributed by atoms with E-state index in [0.717, 1.165) is 5.76 Å². The van der Waals surface area contributed by atoms with Gasteiger partial charge in [-0.15, -0.1) is 0 Å². The van der Waals surface area contributed by atoms with Gasteiger partial charge in [-0.1, -0.05) is 13.8 Å². The lowest BCUT2D eigenvalue weighted by atomic mass is 10.1. The molecule has 0 aliphatic rings. The number of carbonyl (C=O) groups is 1. The Labute approximate surface area is 82.9 Å². The van der Waals surface area contributed by atoms with E-state index in [2.05, 4.69) is 5.32 Å². The highest BCUT2D eigenvalue weighted by Crippen LogP contribution is 2.05. The van der Waals surface area contributed by atoms with Crippen LogP contribution in [0.2, 0.25) is 0 Å². The standard InChI is InChI=1S/C10H15NO3/c1-7(2)9(10(12)13)11-6-8-4-3-5-14-8/h3-5,7,9,11H,6H2,1-2H3,(H,12,13)/t9-/m0/s1. The van der Waals surface area contributed by atoms with E-state index in [0.29, 0.717) is 6.54 Å². The van der Waals surface area contributed by atoms with Gasteiger partial charge in [-0.25, -0.2) is 0 Å². The second kappa shape index (κ2) is 4.81. The summed E-state index contributed by atoms with van der Waals surface area (Å²) in [5.41, 5.74) is 0. The number of carboxylic acid groups (broad SMARTS) is 1. The Balaban J connectivity index is 2.45. The number of carboxylic acids is 1. The van der Waals surface area contributed by atoms with Crippen LogP contribution in [0.3, 0.4) is 0 Å². The fraction of sp³-hybridized carbons (Fsp3) is 0.500. The van der Waals surface area contributed by atoms with Crippen LogP contribution in [0, 0.1) is 5.92 Å². The summed E-state index contributed by atoms with van der Waals surface area (Å²) in [5.74, 6) is -0.0223. The van der Waals surface area contributed by atoms with E-state index < -0.39 is 12.0 Å². The van der Waals surface area contributed by atoms with Crippen molar-refractivity contribution in [3.63, 3.8) is 0 Å². The summed E-state index contributed by atoms with van der Waals surface area (Å²) in [6, 6.07) is 3.06. The largest absolute Gasteiger partial charge is 0.480 e. The van der Waals surface area contributed by atoms with Crippen molar-refractivity contribution in [2.75, 3.05) is 0 Å². The number of aliphatic carboxylic acids is 1. The highest BCUT2D eigenvalue weighted by Gasteiger charge is 2.20. The third-order valence-electron chi connectivity index (χ3n) is 2.01. The molecule has 14 heavy (non-hydrogen) atoms. The van der Waals surface area contributed by atoms with Gasteiger partial charge in [0.05, 0.1) is 12.8 Å². The molecule has 0 saturated carbocycles. The fourth-order valence-electron chi connectivity index (χ4n) is 1.23. The van der Waals surface area contributed by atoms with Crippen molar-refractivity contribution < 1.29 is 14.3 Å². The molecule has 2 N–H and O–H groups in total. The van der Waals surface area contributed by atoms with Crippen molar-refractivity contribution in [2.45, 2.75) is 26.4 Å². The number of nitrogens with one attached hydrogen (secondary N) is 1. The zero-order valence-corrected chi connectivity index (χ0v) is 8.36. The van der Waals surface area contributed by atoms with E-state index >= 15 is 0 Å². The van der Waals surface area contributed by atoms with Crippen molar-refractivity contribution in [1.82, 2.24) is 5.32 Å². The lowest BCUT2D eigenvalue weighted by Gasteiger charge is -2.16. The monoisotopic (exact) mass is 197 g/mol. The van der Waals surface area contributed by atoms with Crippen LogP contribution in [0.25, 0.3) is 0 Å². The van der Waals surface area contributed by atoms with Gasteiger partial charge < -0.3 is 9.52 Å². The van der Waals surface area contributed by atoms with Crippen LogP contribution in [-0.2, 0) is 11.3 Å². The molecule has 0 aliphatic heterocycles. The van der Waals surface area contributed by atoms with Crippen LogP contribution in [0.4, 0.5) is 0 Å². The molecule has 0 radical (unpaired) electrons. The topological polar surface area (TPSA) is 62.5 Å². The predicted molar refractivity (Wildman–Crippen MR) is 51.8 cm³/mol. The van der Waals surface area contributed by atoms with Gasteiger partial charge in [0.25, 0.3) is 0 Å². The van der Waals surface area contributed by atoms with Gasteiger partial charge in [-0.05, 0) is 18.1 Å². The quantitative estimate of drug-likeness (QED) is 0.750. The highest BCUT2D eigenvalue weighted by atomic mass is 16.4. The highest BCUT2D eigenvalue weighted by molar-refractivity contribution is 5.73. The average Bonchev–Trinajstić information content (AvgIpc) is 2.55. The lowest BCUT2D eigenvalue weighted by molar-refractivity contribution is -0.140. The first-order valence-electron chi connectivity index (χ1n) is 4.60. The van der Waals surface area contributed by atoms with Crippen molar-refractivity contribution in [3.05, 3.63) is 24.2 Å². The zero-order chi connectivity index (χ0) is 10.6.